The molecule has 0 bridgehead atoms. The summed E-state index contributed by atoms with van der Waals surface area (Å²) in [6.45, 7) is 6.89. The maximum absolute atomic E-state index is 11.8. The molecule has 21 heavy (non-hydrogen) atoms. The third-order valence-corrected chi connectivity index (χ3v) is 3.20. The van der Waals surface area contributed by atoms with Crippen molar-refractivity contribution in [3.63, 3.8) is 0 Å². The Balaban J connectivity index is 2.72. The molecule has 0 saturated heterocycles. The number of likely N-dealkylation sites (N-methyl/N-ethyl adjacent to an activating group) is 1. The molecule has 1 atom stereocenters. The predicted octanol–water partition coefficient (Wildman–Crippen LogP) is 1.70. The molecule has 0 aliphatic carbocycles. The number of hydrogen-bond donors (Lipinski definition) is 2. The molecule has 0 aromatic heterocycles. The zero-order chi connectivity index (χ0) is 15.8. The Bertz CT molecular complexity index is 460. The minimum atomic E-state index is -0.871. The van der Waals surface area contributed by atoms with Gasteiger partial charge in [0.1, 0.15) is 0 Å². The molecule has 0 aliphatic heterocycles. The van der Waals surface area contributed by atoms with Crippen molar-refractivity contribution >= 4 is 11.9 Å². The molecular formula is C16H24N2O3. The summed E-state index contributed by atoms with van der Waals surface area (Å²) in [5, 5.41) is 12.2. The van der Waals surface area contributed by atoms with E-state index in [0.29, 0.717) is 13.1 Å². The molecule has 1 aromatic rings. The number of benzene rings is 1. The number of nitrogens with one attached hydrogen (secondary N) is 1. The van der Waals surface area contributed by atoms with Crippen LogP contribution in [0.4, 0.5) is 0 Å². The van der Waals surface area contributed by atoms with E-state index < -0.39 is 11.9 Å². The number of hydrogen-bond acceptors (Lipinski definition) is 3. The van der Waals surface area contributed by atoms with Crippen LogP contribution in [0.5, 0.6) is 0 Å². The molecule has 0 saturated carbocycles. The van der Waals surface area contributed by atoms with E-state index in [0.717, 1.165) is 5.56 Å². The lowest BCUT2D eigenvalue weighted by Gasteiger charge is -2.24. The fourth-order valence-electron chi connectivity index (χ4n) is 2.15. The Hall–Kier alpha value is -1.88. The highest BCUT2D eigenvalue weighted by atomic mass is 16.4. The fourth-order valence-corrected chi connectivity index (χ4v) is 2.15. The SMILES string of the molecule is CCN(CC(=O)NC(C)C)CC(C(=O)O)c1ccccc1. The third-order valence-electron chi connectivity index (χ3n) is 3.20. The number of nitrogens with zero attached hydrogens (tertiary/aromatic N) is 1. The van der Waals surface area contributed by atoms with E-state index in [1.165, 1.54) is 0 Å². The zero-order valence-electron chi connectivity index (χ0n) is 12.9. The van der Waals surface area contributed by atoms with Gasteiger partial charge in [-0.15, -0.1) is 0 Å². The molecule has 0 heterocycles. The van der Waals surface area contributed by atoms with Gasteiger partial charge in [0, 0.05) is 12.6 Å². The second kappa shape index (κ2) is 8.42. The van der Waals surface area contributed by atoms with Gasteiger partial charge in [0.2, 0.25) is 5.91 Å². The average Bonchev–Trinajstić information content (AvgIpc) is 2.43. The van der Waals surface area contributed by atoms with Gasteiger partial charge in [0.15, 0.2) is 0 Å². The van der Waals surface area contributed by atoms with Crippen LogP contribution in [0.1, 0.15) is 32.3 Å². The van der Waals surface area contributed by atoms with E-state index in [4.69, 9.17) is 0 Å². The Labute approximate surface area is 126 Å². The molecule has 1 aromatic carbocycles. The number of carboxylic acid groups (broad SMARTS) is 1. The van der Waals surface area contributed by atoms with Crippen molar-refractivity contribution in [1.29, 1.82) is 0 Å². The predicted molar refractivity (Wildman–Crippen MR) is 82.2 cm³/mol. The second-order valence-electron chi connectivity index (χ2n) is 5.35. The summed E-state index contributed by atoms with van der Waals surface area (Å²) in [5.74, 6) is -1.58. The number of carboxylic acids is 1. The summed E-state index contributed by atoms with van der Waals surface area (Å²) in [5.41, 5.74) is 0.757. The molecule has 0 aliphatic rings. The smallest absolute Gasteiger partial charge is 0.312 e. The van der Waals surface area contributed by atoms with E-state index in [1.54, 1.807) is 12.1 Å². The van der Waals surface area contributed by atoms with Crippen LogP contribution < -0.4 is 5.32 Å². The third kappa shape index (κ3) is 5.95. The highest BCUT2D eigenvalue weighted by Gasteiger charge is 2.23. The van der Waals surface area contributed by atoms with Crippen LogP contribution in [0.2, 0.25) is 0 Å². The molecule has 0 spiro atoms. The molecule has 0 fully saturated rings. The summed E-state index contributed by atoms with van der Waals surface area (Å²) in [7, 11) is 0. The number of rotatable bonds is 8. The van der Waals surface area contributed by atoms with Crippen LogP contribution in [0, 0.1) is 0 Å². The highest BCUT2D eigenvalue weighted by molar-refractivity contribution is 5.79. The number of amides is 1. The van der Waals surface area contributed by atoms with Crippen molar-refractivity contribution < 1.29 is 14.7 Å². The molecule has 1 unspecified atom stereocenters. The van der Waals surface area contributed by atoms with Crippen molar-refractivity contribution in [2.45, 2.75) is 32.7 Å². The standard InChI is InChI=1S/C16H24N2O3/c1-4-18(11-15(19)17-12(2)3)10-14(16(20)21)13-8-6-5-7-9-13/h5-9,12,14H,4,10-11H2,1-3H3,(H,17,19)(H,20,21). The Morgan fingerprint density at radius 2 is 1.86 bits per heavy atom. The first-order valence-corrected chi connectivity index (χ1v) is 7.23. The summed E-state index contributed by atoms with van der Waals surface area (Å²) in [6.07, 6.45) is 0. The second-order valence-corrected chi connectivity index (χ2v) is 5.35. The summed E-state index contributed by atoms with van der Waals surface area (Å²) in [4.78, 5) is 25.1. The van der Waals surface area contributed by atoms with Gasteiger partial charge in [-0.25, -0.2) is 0 Å². The van der Waals surface area contributed by atoms with Crippen molar-refractivity contribution in [2.75, 3.05) is 19.6 Å². The zero-order valence-corrected chi connectivity index (χ0v) is 12.9. The van der Waals surface area contributed by atoms with Crippen molar-refractivity contribution in [3.8, 4) is 0 Å². The molecule has 116 valence electrons. The molecule has 2 N–H and O–H groups in total. The molecular weight excluding hydrogens is 268 g/mol. The summed E-state index contributed by atoms with van der Waals surface area (Å²) >= 11 is 0. The lowest BCUT2D eigenvalue weighted by atomic mass is 9.98. The number of carbonyl (C=O) groups excluding carboxylic acids is 1. The average molecular weight is 292 g/mol. The van der Waals surface area contributed by atoms with Gasteiger partial charge in [-0.1, -0.05) is 37.3 Å². The molecule has 5 nitrogen and oxygen atoms in total. The Morgan fingerprint density at radius 3 is 2.33 bits per heavy atom. The monoisotopic (exact) mass is 292 g/mol. The van der Waals surface area contributed by atoms with E-state index in [1.807, 2.05) is 43.9 Å². The van der Waals surface area contributed by atoms with Gasteiger partial charge in [-0.05, 0) is 26.0 Å². The van der Waals surface area contributed by atoms with Crippen molar-refractivity contribution in [1.82, 2.24) is 10.2 Å². The van der Waals surface area contributed by atoms with Gasteiger partial charge >= 0.3 is 5.97 Å². The molecule has 5 heteroatoms. The van der Waals surface area contributed by atoms with Gasteiger partial charge in [-0.3, -0.25) is 14.5 Å². The van der Waals surface area contributed by atoms with E-state index in [2.05, 4.69) is 5.32 Å². The quantitative estimate of drug-likeness (QED) is 0.765. The van der Waals surface area contributed by atoms with Gasteiger partial charge in [0.25, 0.3) is 0 Å². The van der Waals surface area contributed by atoms with Crippen LogP contribution in [0.25, 0.3) is 0 Å². The molecule has 1 rings (SSSR count). The first kappa shape index (κ1) is 17.2. The molecule has 1 amide bonds. The van der Waals surface area contributed by atoms with E-state index in [-0.39, 0.29) is 18.5 Å². The van der Waals surface area contributed by atoms with Gasteiger partial charge < -0.3 is 10.4 Å². The van der Waals surface area contributed by atoms with Crippen LogP contribution in [-0.2, 0) is 9.59 Å². The topological polar surface area (TPSA) is 69.6 Å². The summed E-state index contributed by atoms with van der Waals surface area (Å²) < 4.78 is 0. The maximum Gasteiger partial charge on any atom is 0.312 e. The van der Waals surface area contributed by atoms with Gasteiger partial charge in [-0.2, -0.15) is 0 Å². The fraction of sp³-hybridized carbons (Fsp3) is 0.500. The lowest BCUT2D eigenvalue weighted by molar-refractivity contribution is -0.139. The summed E-state index contributed by atoms with van der Waals surface area (Å²) in [6, 6.07) is 9.21. The van der Waals surface area contributed by atoms with Crippen LogP contribution in [-0.4, -0.2) is 47.6 Å². The van der Waals surface area contributed by atoms with Crippen LogP contribution in [0.3, 0.4) is 0 Å². The first-order chi connectivity index (χ1) is 9.93. The first-order valence-electron chi connectivity index (χ1n) is 7.23. The van der Waals surface area contributed by atoms with Crippen molar-refractivity contribution in [3.05, 3.63) is 35.9 Å². The van der Waals surface area contributed by atoms with Crippen molar-refractivity contribution in [2.24, 2.45) is 0 Å². The van der Waals surface area contributed by atoms with E-state index in [9.17, 15) is 14.7 Å². The Kier molecular flexibility index (Phi) is 6.88. The minimum absolute atomic E-state index is 0.0796. The van der Waals surface area contributed by atoms with E-state index >= 15 is 0 Å². The lowest BCUT2D eigenvalue weighted by Crippen LogP contribution is -2.42. The largest absolute Gasteiger partial charge is 0.481 e. The van der Waals surface area contributed by atoms with Gasteiger partial charge in [0.05, 0.1) is 12.5 Å². The van der Waals surface area contributed by atoms with Crippen LogP contribution >= 0.6 is 0 Å². The number of carbonyl (C=O) groups is 2. The Morgan fingerprint density at radius 1 is 1.24 bits per heavy atom. The highest BCUT2D eigenvalue weighted by Crippen LogP contribution is 2.17. The molecule has 0 radical (unpaired) electrons. The maximum atomic E-state index is 11.8. The van der Waals surface area contributed by atoms with Crippen LogP contribution in [0.15, 0.2) is 30.3 Å². The normalized spacial score (nSPS) is 12.4. The minimum Gasteiger partial charge on any atom is -0.481 e. The number of aliphatic carboxylic acids is 1.